The van der Waals surface area contributed by atoms with Crippen LogP contribution < -0.4 is 5.32 Å². The van der Waals surface area contributed by atoms with E-state index in [1.807, 2.05) is 0 Å². The lowest BCUT2D eigenvalue weighted by atomic mass is 9.98. The lowest BCUT2D eigenvalue weighted by Crippen LogP contribution is -2.22. The summed E-state index contributed by atoms with van der Waals surface area (Å²) in [6, 6.07) is 7.12. The van der Waals surface area contributed by atoms with Crippen molar-refractivity contribution in [2.45, 2.75) is 46.1 Å². The van der Waals surface area contributed by atoms with Crippen LogP contribution in [0.3, 0.4) is 0 Å². The molecule has 0 aliphatic heterocycles. The predicted octanol–water partition coefficient (Wildman–Crippen LogP) is 3.76. The second-order valence-corrected chi connectivity index (χ2v) is 4.67. The van der Waals surface area contributed by atoms with Crippen molar-refractivity contribution in [3.63, 3.8) is 0 Å². The topological polar surface area (TPSA) is 12.0 Å². The first-order valence-corrected chi connectivity index (χ1v) is 6.42. The summed E-state index contributed by atoms with van der Waals surface area (Å²) in [5, 5.41) is 3.58. The molecule has 1 N–H and O–H groups in total. The van der Waals surface area contributed by atoms with E-state index in [0.717, 1.165) is 25.8 Å². The summed E-state index contributed by atoms with van der Waals surface area (Å²) in [5.74, 6) is 2.73. The van der Waals surface area contributed by atoms with E-state index in [9.17, 15) is 0 Å². The lowest BCUT2D eigenvalue weighted by molar-refractivity contribution is 0.505. The van der Waals surface area contributed by atoms with Gasteiger partial charge in [-0.2, -0.15) is 0 Å². The van der Waals surface area contributed by atoms with Crippen LogP contribution >= 0.6 is 0 Å². The molecule has 1 unspecified atom stereocenters. The van der Waals surface area contributed by atoms with Crippen molar-refractivity contribution in [3.8, 4) is 12.3 Å². The van der Waals surface area contributed by atoms with Crippen molar-refractivity contribution >= 4 is 0 Å². The summed E-state index contributed by atoms with van der Waals surface area (Å²) >= 11 is 0. The van der Waals surface area contributed by atoms with Crippen molar-refractivity contribution in [3.05, 3.63) is 34.9 Å². The third-order valence-corrected chi connectivity index (χ3v) is 2.86. The fourth-order valence-electron chi connectivity index (χ4n) is 2.14. The zero-order valence-electron chi connectivity index (χ0n) is 11.2. The van der Waals surface area contributed by atoms with Gasteiger partial charge in [0, 0.05) is 12.5 Å². The van der Waals surface area contributed by atoms with Crippen LogP contribution in [0, 0.1) is 26.2 Å². The molecular formula is C16H23N. The summed E-state index contributed by atoms with van der Waals surface area (Å²) in [5.41, 5.74) is 4.01. The number of benzene rings is 1. The molecule has 0 aliphatic rings. The standard InChI is InChI=1S/C16H23N/c1-5-7-8-16(17-9-6-2)15-11-13(3)10-14(4)12-15/h1,10-12,16-17H,6-9H2,2-4H3. The maximum Gasteiger partial charge on any atom is 0.0329 e. The zero-order chi connectivity index (χ0) is 12.7. The van der Waals surface area contributed by atoms with Gasteiger partial charge in [-0.3, -0.25) is 0 Å². The quantitative estimate of drug-likeness (QED) is 0.732. The second kappa shape index (κ2) is 7.14. The minimum Gasteiger partial charge on any atom is -0.310 e. The fraction of sp³-hybridized carbons (Fsp3) is 0.500. The van der Waals surface area contributed by atoms with E-state index < -0.39 is 0 Å². The number of rotatable bonds is 6. The molecule has 92 valence electrons. The van der Waals surface area contributed by atoms with Gasteiger partial charge in [0.25, 0.3) is 0 Å². The third-order valence-electron chi connectivity index (χ3n) is 2.86. The minimum atomic E-state index is 0.393. The van der Waals surface area contributed by atoms with Gasteiger partial charge >= 0.3 is 0 Å². The molecule has 0 bridgehead atoms. The number of nitrogens with one attached hydrogen (secondary N) is 1. The van der Waals surface area contributed by atoms with Crippen LogP contribution in [0.15, 0.2) is 18.2 Å². The Morgan fingerprint density at radius 3 is 2.41 bits per heavy atom. The van der Waals surface area contributed by atoms with Gasteiger partial charge in [0.2, 0.25) is 0 Å². The number of hydrogen-bond acceptors (Lipinski definition) is 1. The molecule has 0 fully saturated rings. The van der Waals surface area contributed by atoms with Crippen LogP contribution in [0.1, 0.15) is 48.9 Å². The van der Waals surface area contributed by atoms with Gasteiger partial charge in [0.1, 0.15) is 0 Å². The van der Waals surface area contributed by atoms with Crippen molar-refractivity contribution < 1.29 is 0 Å². The van der Waals surface area contributed by atoms with Crippen LogP contribution in [-0.2, 0) is 0 Å². The Morgan fingerprint density at radius 1 is 1.24 bits per heavy atom. The summed E-state index contributed by atoms with van der Waals surface area (Å²) in [6.45, 7) is 7.53. The molecule has 0 aromatic heterocycles. The molecule has 0 amide bonds. The highest BCUT2D eigenvalue weighted by Gasteiger charge is 2.10. The number of aryl methyl sites for hydroxylation is 2. The van der Waals surface area contributed by atoms with E-state index in [2.05, 4.69) is 50.2 Å². The molecule has 1 aromatic carbocycles. The number of hydrogen-bond donors (Lipinski definition) is 1. The van der Waals surface area contributed by atoms with E-state index in [1.165, 1.54) is 16.7 Å². The van der Waals surface area contributed by atoms with Crippen LogP contribution in [-0.4, -0.2) is 6.54 Å². The number of terminal acetylenes is 1. The Bertz CT molecular complexity index is 367. The first-order valence-electron chi connectivity index (χ1n) is 6.42. The Balaban J connectivity index is 2.83. The van der Waals surface area contributed by atoms with Gasteiger partial charge in [-0.15, -0.1) is 12.3 Å². The highest BCUT2D eigenvalue weighted by molar-refractivity contribution is 5.30. The smallest absolute Gasteiger partial charge is 0.0329 e. The summed E-state index contributed by atoms with van der Waals surface area (Å²) in [6.07, 6.45) is 8.36. The van der Waals surface area contributed by atoms with E-state index in [0.29, 0.717) is 6.04 Å². The van der Waals surface area contributed by atoms with Crippen LogP contribution in [0.4, 0.5) is 0 Å². The predicted molar refractivity (Wildman–Crippen MR) is 75.0 cm³/mol. The molecule has 0 saturated carbocycles. The lowest BCUT2D eigenvalue weighted by Gasteiger charge is -2.19. The summed E-state index contributed by atoms with van der Waals surface area (Å²) < 4.78 is 0. The van der Waals surface area contributed by atoms with Gasteiger partial charge in [0.15, 0.2) is 0 Å². The Labute approximate surface area is 106 Å². The summed E-state index contributed by atoms with van der Waals surface area (Å²) in [7, 11) is 0. The summed E-state index contributed by atoms with van der Waals surface area (Å²) in [4.78, 5) is 0. The first kappa shape index (κ1) is 13.8. The molecule has 1 nitrogen and oxygen atoms in total. The highest BCUT2D eigenvalue weighted by Crippen LogP contribution is 2.21. The van der Waals surface area contributed by atoms with Gasteiger partial charge in [-0.1, -0.05) is 36.2 Å². The Kier molecular flexibility index (Phi) is 5.80. The van der Waals surface area contributed by atoms with Crippen LogP contribution in [0.25, 0.3) is 0 Å². The van der Waals surface area contributed by atoms with E-state index in [4.69, 9.17) is 6.42 Å². The van der Waals surface area contributed by atoms with Crippen LogP contribution in [0.2, 0.25) is 0 Å². The average molecular weight is 229 g/mol. The molecule has 17 heavy (non-hydrogen) atoms. The van der Waals surface area contributed by atoms with Crippen molar-refractivity contribution in [1.29, 1.82) is 0 Å². The van der Waals surface area contributed by atoms with Gasteiger partial charge in [0.05, 0.1) is 0 Å². The van der Waals surface area contributed by atoms with Crippen molar-refractivity contribution in [2.24, 2.45) is 0 Å². The molecule has 0 saturated heterocycles. The first-order chi connectivity index (χ1) is 8.17. The van der Waals surface area contributed by atoms with Crippen molar-refractivity contribution in [1.82, 2.24) is 5.32 Å². The average Bonchev–Trinajstić information content (AvgIpc) is 2.28. The maximum absolute atomic E-state index is 5.37. The monoisotopic (exact) mass is 229 g/mol. The molecule has 1 rings (SSSR count). The molecule has 0 heterocycles. The Hall–Kier alpha value is -1.26. The van der Waals surface area contributed by atoms with Gasteiger partial charge < -0.3 is 5.32 Å². The Morgan fingerprint density at radius 2 is 1.88 bits per heavy atom. The van der Waals surface area contributed by atoms with Gasteiger partial charge in [-0.25, -0.2) is 0 Å². The van der Waals surface area contributed by atoms with E-state index in [-0.39, 0.29) is 0 Å². The largest absolute Gasteiger partial charge is 0.310 e. The normalized spacial score (nSPS) is 12.1. The molecule has 1 aromatic rings. The van der Waals surface area contributed by atoms with Gasteiger partial charge in [-0.05, 0) is 38.8 Å². The van der Waals surface area contributed by atoms with E-state index >= 15 is 0 Å². The molecule has 1 atom stereocenters. The molecule has 0 aliphatic carbocycles. The molecular weight excluding hydrogens is 206 g/mol. The van der Waals surface area contributed by atoms with E-state index in [1.54, 1.807) is 0 Å². The zero-order valence-corrected chi connectivity index (χ0v) is 11.2. The SMILES string of the molecule is C#CCCC(NCCC)c1cc(C)cc(C)c1. The second-order valence-electron chi connectivity index (χ2n) is 4.67. The third kappa shape index (κ3) is 4.63. The van der Waals surface area contributed by atoms with Crippen LogP contribution in [0.5, 0.6) is 0 Å². The molecule has 0 radical (unpaired) electrons. The molecule has 1 heteroatoms. The van der Waals surface area contributed by atoms with Crippen molar-refractivity contribution in [2.75, 3.05) is 6.54 Å². The maximum atomic E-state index is 5.37. The fourth-order valence-corrected chi connectivity index (χ4v) is 2.14. The molecule has 0 spiro atoms. The minimum absolute atomic E-state index is 0.393. The highest BCUT2D eigenvalue weighted by atomic mass is 14.9.